The molecule has 1 aliphatic heterocycles. The smallest absolute Gasteiger partial charge is 0.449 e. The second-order valence-corrected chi connectivity index (χ2v) is 9.58. The standard InChI is InChI=1S/C28H26F4N2O4/c1-34-14-22(33-26(34)28(30,31)32)17-6-9-23(36-2)21(12-17)18-13-27(38-15-18)11-10-20(25(35)37-3)24(27)16-4-7-19(29)8-5-16/h4-9,12-14,20,24H,10-11,15H2,1-3H3. The van der Waals surface area contributed by atoms with Crippen molar-refractivity contribution in [1.82, 2.24) is 9.55 Å². The first-order valence-electron chi connectivity index (χ1n) is 12.0. The van der Waals surface area contributed by atoms with Crippen LogP contribution < -0.4 is 4.74 Å². The van der Waals surface area contributed by atoms with Crippen LogP contribution in [0.5, 0.6) is 5.75 Å². The summed E-state index contributed by atoms with van der Waals surface area (Å²) in [5.74, 6) is -2.11. The number of carbonyl (C=O) groups is 1. The summed E-state index contributed by atoms with van der Waals surface area (Å²) < 4.78 is 71.6. The lowest BCUT2D eigenvalue weighted by Crippen LogP contribution is -2.34. The highest BCUT2D eigenvalue weighted by Crippen LogP contribution is 2.54. The average molecular weight is 531 g/mol. The molecule has 0 N–H and O–H groups in total. The van der Waals surface area contributed by atoms with Gasteiger partial charge in [-0.15, -0.1) is 0 Å². The van der Waals surface area contributed by atoms with E-state index in [4.69, 9.17) is 14.2 Å². The van der Waals surface area contributed by atoms with Gasteiger partial charge in [-0.25, -0.2) is 9.37 Å². The lowest BCUT2D eigenvalue weighted by atomic mass is 9.79. The van der Waals surface area contributed by atoms with Gasteiger partial charge in [0.15, 0.2) is 0 Å². The molecule has 38 heavy (non-hydrogen) atoms. The zero-order valence-electron chi connectivity index (χ0n) is 21.0. The number of ether oxygens (including phenoxy) is 3. The van der Waals surface area contributed by atoms with Gasteiger partial charge >= 0.3 is 12.1 Å². The quantitative estimate of drug-likeness (QED) is 0.310. The predicted molar refractivity (Wildman–Crippen MR) is 131 cm³/mol. The van der Waals surface area contributed by atoms with Gasteiger partial charge < -0.3 is 18.8 Å². The molecule has 0 saturated heterocycles. The van der Waals surface area contributed by atoms with Crippen LogP contribution >= 0.6 is 0 Å². The van der Waals surface area contributed by atoms with Crippen molar-refractivity contribution in [2.24, 2.45) is 13.0 Å². The summed E-state index contributed by atoms with van der Waals surface area (Å²) in [4.78, 5) is 16.5. The van der Waals surface area contributed by atoms with Crippen LogP contribution in [0.3, 0.4) is 0 Å². The van der Waals surface area contributed by atoms with Gasteiger partial charge in [0.2, 0.25) is 5.82 Å². The Bertz CT molecular complexity index is 1400. The Morgan fingerprint density at radius 1 is 1.16 bits per heavy atom. The summed E-state index contributed by atoms with van der Waals surface area (Å²) in [5, 5.41) is 0. The third kappa shape index (κ3) is 4.47. The van der Waals surface area contributed by atoms with Gasteiger partial charge in [0.1, 0.15) is 11.6 Å². The fourth-order valence-corrected chi connectivity index (χ4v) is 5.69. The zero-order valence-corrected chi connectivity index (χ0v) is 21.0. The van der Waals surface area contributed by atoms with E-state index in [1.54, 1.807) is 30.3 Å². The van der Waals surface area contributed by atoms with E-state index >= 15 is 0 Å². The number of esters is 1. The maximum Gasteiger partial charge on any atom is 0.449 e. The number of halogens is 4. The van der Waals surface area contributed by atoms with Crippen molar-refractivity contribution in [3.8, 4) is 17.0 Å². The Hall–Kier alpha value is -3.66. The molecule has 2 aromatic carbocycles. The topological polar surface area (TPSA) is 62.6 Å². The Kier molecular flexibility index (Phi) is 6.54. The van der Waals surface area contributed by atoms with Crippen molar-refractivity contribution in [2.45, 2.75) is 30.5 Å². The molecule has 1 aromatic heterocycles. The number of benzene rings is 2. The summed E-state index contributed by atoms with van der Waals surface area (Å²) in [7, 11) is 4.15. The molecule has 2 heterocycles. The van der Waals surface area contributed by atoms with E-state index in [9.17, 15) is 22.4 Å². The minimum Gasteiger partial charge on any atom is -0.496 e. The van der Waals surface area contributed by atoms with Crippen molar-refractivity contribution in [3.63, 3.8) is 0 Å². The molecule has 10 heteroatoms. The normalized spacial score (nSPS) is 23.1. The van der Waals surface area contributed by atoms with Gasteiger partial charge in [0.25, 0.3) is 0 Å². The maximum absolute atomic E-state index is 13.7. The molecule has 3 unspecified atom stereocenters. The van der Waals surface area contributed by atoms with Crippen molar-refractivity contribution in [1.29, 1.82) is 0 Å². The SMILES string of the molecule is COC(=O)C1CCC2(C=C(c3cc(-c4cn(C)c(C(F)(F)F)n4)ccc3OC)CO2)C1c1ccc(F)cc1. The van der Waals surface area contributed by atoms with Crippen LogP contribution in [0, 0.1) is 11.7 Å². The predicted octanol–water partition coefficient (Wildman–Crippen LogP) is 5.77. The van der Waals surface area contributed by atoms with Crippen LogP contribution in [-0.4, -0.2) is 41.9 Å². The largest absolute Gasteiger partial charge is 0.496 e. The number of hydrogen-bond acceptors (Lipinski definition) is 5. The van der Waals surface area contributed by atoms with Crippen molar-refractivity contribution in [2.75, 3.05) is 20.8 Å². The van der Waals surface area contributed by atoms with E-state index in [1.165, 1.54) is 39.6 Å². The van der Waals surface area contributed by atoms with Crippen LogP contribution in [0.15, 0.2) is 54.7 Å². The number of alkyl halides is 3. The number of imidazole rings is 1. The molecular weight excluding hydrogens is 504 g/mol. The fourth-order valence-electron chi connectivity index (χ4n) is 5.69. The molecule has 1 saturated carbocycles. The summed E-state index contributed by atoms with van der Waals surface area (Å²) in [6.07, 6.45) is -0.229. The van der Waals surface area contributed by atoms with Crippen LogP contribution in [0.1, 0.15) is 35.7 Å². The van der Waals surface area contributed by atoms with E-state index in [0.717, 1.165) is 15.7 Å². The highest BCUT2D eigenvalue weighted by molar-refractivity contribution is 5.80. The molecule has 5 rings (SSSR count). The van der Waals surface area contributed by atoms with E-state index in [1.807, 2.05) is 6.08 Å². The highest BCUT2D eigenvalue weighted by Gasteiger charge is 2.54. The molecular formula is C28H26F4N2O4. The molecule has 3 atom stereocenters. The molecule has 1 fully saturated rings. The van der Waals surface area contributed by atoms with Crippen molar-refractivity contribution in [3.05, 3.63) is 77.5 Å². The van der Waals surface area contributed by atoms with Gasteiger partial charge in [0.05, 0.1) is 38.0 Å². The van der Waals surface area contributed by atoms with Crippen molar-refractivity contribution < 1.29 is 36.6 Å². The third-order valence-electron chi connectivity index (χ3n) is 7.39. The van der Waals surface area contributed by atoms with E-state index in [-0.39, 0.29) is 24.1 Å². The van der Waals surface area contributed by atoms with Gasteiger partial charge in [-0.05, 0) is 60.4 Å². The first kappa shape index (κ1) is 26.0. The minimum atomic E-state index is -4.58. The second-order valence-electron chi connectivity index (χ2n) is 9.58. The fraction of sp³-hybridized carbons (Fsp3) is 0.357. The Labute approximate surface area is 216 Å². The monoisotopic (exact) mass is 530 g/mol. The van der Waals surface area contributed by atoms with E-state index in [0.29, 0.717) is 29.7 Å². The summed E-state index contributed by atoms with van der Waals surface area (Å²) in [5.41, 5.74) is 2.00. The van der Waals surface area contributed by atoms with Gasteiger partial charge in [-0.1, -0.05) is 12.1 Å². The number of methoxy groups -OCH3 is 2. The lowest BCUT2D eigenvalue weighted by molar-refractivity contribution is -0.147. The van der Waals surface area contributed by atoms with Crippen molar-refractivity contribution >= 4 is 11.5 Å². The third-order valence-corrected chi connectivity index (χ3v) is 7.39. The summed E-state index contributed by atoms with van der Waals surface area (Å²) >= 11 is 0. The second kappa shape index (κ2) is 9.58. The van der Waals surface area contributed by atoms with Gasteiger partial charge in [-0.2, -0.15) is 13.2 Å². The van der Waals surface area contributed by atoms with Crippen LogP contribution in [0.2, 0.25) is 0 Å². The molecule has 1 aliphatic carbocycles. The highest BCUT2D eigenvalue weighted by atomic mass is 19.4. The number of rotatable bonds is 5. The molecule has 2 aliphatic rings. The molecule has 3 aromatic rings. The van der Waals surface area contributed by atoms with E-state index in [2.05, 4.69) is 4.98 Å². The Morgan fingerprint density at radius 2 is 1.89 bits per heavy atom. The number of aryl methyl sites for hydroxylation is 1. The summed E-state index contributed by atoms with van der Waals surface area (Å²) in [6.45, 7) is 0.196. The van der Waals surface area contributed by atoms with Crippen LogP contribution in [0.25, 0.3) is 16.8 Å². The number of hydrogen-bond donors (Lipinski definition) is 0. The first-order chi connectivity index (χ1) is 18.1. The van der Waals surface area contributed by atoms with Gasteiger partial charge in [0, 0.05) is 30.3 Å². The van der Waals surface area contributed by atoms with E-state index < -0.39 is 29.4 Å². The first-order valence-corrected chi connectivity index (χ1v) is 12.0. The molecule has 0 radical (unpaired) electrons. The molecule has 1 spiro atoms. The number of carbonyl (C=O) groups excluding carboxylic acids is 1. The Morgan fingerprint density at radius 3 is 2.53 bits per heavy atom. The van der Waals surface area contributed by atoms with Crippen LogP contribution in [0.4, 0.5) is 17.6 Å². The molecule has 6 nitrogen and oxygen atoms in total. The molecule has 200 valence electrons. The Balaban J connectivity index is 1.57. The number of aromatic nitrogens is 2. The molecule has 0 amide bonds. The average Bonchev–Trinajstić information content (AvgIpc) is 3.61. The van der Waals surface area contributed by atoms with Gasteiger partial charge in [-0.3, -0.25) is 4.79 Å². The lowest BCUT2D eigenvalue weighted by Gasteiger charge is -2.31. The zero-order chi connectivity index (χ0) is 27.2. The number of nitrogens with zero attached hydrogens (tertiary/aromatic N) is 2. The molecule has 0 bridgehead atoms. The maximum atomic E-state index is 13.7. The minimum absolute atomic E-state index is 0.175. The summed E-state index contributed by atoms with van der Waals surface area (Å²) in [6, 6.07) is 11.1. The van der Waals surface area contributed by atoms with Crippen LogP contribution in [-0.2, 0) is 27.5 Å².